The van der Waals surface area contributed by atoms with Gasteiger partial charge in [-0.2, -0.15) is 0 Å². The molecule has 0 radical (unpaired) electrons. The van der Waals surface area contributed by atoms with E-state index in [9.17, 15) is 9.59 Å². The van der Waals surface area contributed by atoms with Crippen LogP contribution < -0.4 is 10.6 Å². The van der Waals surface area contributed by atoms with Crippen molar-refractivity contribution >= 4 is 38.5 Å². The Morgan fingerprint density at radius 1 is 1.32 bits per heavy atom. The first-order valence-electron chi connectivity index (χ1n) is 7.56. The van der Waals surface area contributed by atoms with E-state index in [0.717, 1.165) is 28.6 Å². The molecular formula is C16H19N3O2S. The fourth-order valence-electron chi connectivity index (χ4n) is 2.82. The number of hydrogen-bond acceptors (Lipinski definition) is 4. The molecule has 1 heterocycles. The lowest BCUT2D eigenvalue weighted by atomic mass is 10.1. The first-order valence-corrected chi connectivity index (χ1v) is 8.38. The summed E-state index contributed by atoms with van der Waals surface area (Å²) in [5.41, 5.74) is 1.81. The molecule has 22 heavy (non-hydrogen) atoms. The third-order valence-corrected chi connectivity index (χ3v) is 4.75. The number of carbonyl (C=O) groups excluding carboxylic acids is 2. The number of hydrogen-bond donors (Lipinski definition) is 2. The van der Waals surface area contributed by atoms with Crippen LogP contribution in [0.2, 0.25) is 0 Å². The van der Waals surface area contributed by atoms with Crippen molar-refractivity contribution in [1.82, 2.24) is 10.3 Å². The van der Waals surface area contributed by atoms with E-state index in [1.54, 1.807) is 0 Å². The predicted molar refractivity (Wildman–Crippen MR) is 88.0 cm³/mol. The number of benzene rings is 1. The molecular weight excluding hydrogens is 298 g/mol. The van der Waals surface area contributed by atoms with Gasteiger partial charge in [0.05, 0.1) is 16.6 Å². The van der Waals surface area contributed by atoms with E-state index >= 15 is 0 Å². The summed E-state index contributed by atoms with van der Waals surface area (Å²) >= 11 is 1.43. The molecule has 1 aromatic heterocycles. The number of fused-ring (bicyclic) bond motifs is 1. The smallest absolute Gasteiger partial charge is 0.224 e. The van der Waals surface area contributed by atoms with E-state index in [1.165, 1.54) is 31.1 Å². The van der Waals surface area contributed by atoms with Crippen molar-refractivity contribution in [3.63, 3.8) is 0 Å². The van der Waals surface area contributed by atoms with Gasteiger partial charge in [0.1, 0.15) is 0 Å². The number of rotatable bonds is 4. The maximum Gasteiger partial charge on any atom is 0.224 e. The molecule has 1 aromatic carbocycles. The minimum Gasteiger partial charge on any atom is -0.353 e. The van der Waals surface area contributed by atoms with E-state index < -0.39 is 0 Å². The molecule has 0 bridgehead atoms. The zero-order chi connectivity index (χ0) is 15.5. The monoisotopic (exact) mass is 317 g/mol. The van der Waals surface area contributed by atoms with Crippen LogP contribution in [0.25, 0.3) is 10.2 Å². The third-order valence-electron chi connectivity index (χ3n) is 3.82. The molecule has 2 N–H and O–H groups in total. The molecule has 116 valence electrons. The summed E-state index contributed by atoms with van der Waals surface area (Å²) in [5.74, 6) is -0.0481. The van der Waals surface area contributed by atoms with Gasteiger partial charge in [-0.15, -0.1) is 0 Å². The summed E-state index contributed by atoms with van der Waals surface area (Å²) in [5, 5.41) is 6.38. The van der Waals surface area contributed by atoms with Gasteiger partial charge in [0, 0.05) is 13.0 Å². The number of nitrogens with zero attached hydrogens (tertiary/aromatic N) is 1. The van der Waals surface area contributed by atoms with Crippen LogP contribution in [-0.2, 0) is 16.0 Å². The van der Waals surface area contributed by atoms with Gasteiger partial charge in [0.25, 0.3) is 0 Å². The second-order valence-corrected chi connectivity index (χ2v) is 6.76. The quantitative estimate of drug-likeness (QED) is 0.911. The number of anilines is 1. The Kier molecular flexibility index (Phi) is 4.38. The summed E-state index contributed by atoms with van der Waals surface area (Å²) in [6, 6.07) is 6.15. The minimum atomic E-state index is -0.129. The molecule has 1 fully saturated rings. The molecule has 6 heteroatoms. The lowest BCUT2D eigenvalue weighted by molar-refractivity contribution is -0.121. The number of amides is 2. The van der Waals surface area contributed by atoms with Crippen molar-refractivity contribution in [2.24, 2.45) is 0 Å². The molecule has 2 amide bonds. The molecule has 0 saturated heterocycles. The van der Waals surface area contributed by atoms with E-state index in [0.29, 0.717) is 17.6 Å². The average Bonchev–Trinajstić information content (AvgIpc) is 3.06. The Morgan fingerprint density at radius 3 is 2.82 bits per heavy atom. The van der Waals surface area contributed by atoms with E-state index in [-0.39, 0.29) is 11.8 Å². The zero-order valence-corrected chi connectivity index (χ0v) is 13.3. The highest BCUT2D eigenvalue weighted by atomic mass is 32.1. The predicted octanol–water partition coefficient (Wildman–Crippen LogP) is 2.86. The SMILES string of the molecule is CC(=O)Nc1nc2ccc(CC(=O)NC3CCCC3)cc2s1. The number of thiazole rings is 1. The van der Waals surface area contributed by atoms with Crippen molar-refractivity contribution in [2.45, 2.75) is 45.1 Å². The second kappa shape index (κ2) is 6.44. The standard InChI is InChI=1S/C16H19N3O2S/c1-10(20)17-16-19-13-7-6-11(8-14(13)22-16)9-15(21)18-12-4-2-3-5-12/h6-8,12H,2-5,9H2,1H3,(H,18,21)(H,17,19,20). The van der Waals surface area contributed by atoms with Crippen molar-refractivity contribution in [2.75, 3.05) is 5.32 Å². The molecule has 2 aromatic rings. The normalized spacial score (nSPS) is 15.1. The topological polar surface area (TPSA) is 71.1 Å². The van der Waals surface area contributed by atoms with Gasteiger partial charge in [-0.1, -0.05) is 30.2 Å². The van der Waals surface area contributed by atoms with Crippen LogP contribution in [0.15, 0.2) is 18.2 Å². The van der Waals surface area contributed by atoms with E-state index in [4.69, 9.17) is 0 Å². The maximum absolute atomic E-state index is 12.1. The van der Waals surface area contributed by atoms with Gasteiger partial charge in [-0.05, 0) is 30.5 Å². The largest absolute Gasteiger partial charge is 0.353 e. The highest BCUT2D eigenvalue weighted by Gasteiger charge is 2.17. The highest BCUT2D eigenvalue weighted by Crippen LogP contribution is 2.27. The Morgan fingerprint density at radius 2 is 2.09 bits per heavy atom. The van der Waals surface area contributed by atoms with Gasteiger partial charge in [-0.3, -0.25) is 9.59 Å². The van der Waals surface area contributed by atoms with E-state index in [2.05, 4.69) is 15.6 Å². The molecule has 0 unspecified atom stereocenters. The molecule has 1 aliphatic carbocycles. The molecule has 1 aliphatic rings. The summed E-state index contributed by atoms with van der Waals surface area (Å²) in [7, 11) is 0. The number of aromatic nitrogens is 1. The number of nitrogens with one attached hydrogen (secondary N) is 2. The zero-order valence-electron chi connectivity index (χ0n) is 12.5. The van der Waals surface area contributed by atoms with Gasteiger partial charge < -0.3 is 10.6 Å². The third kappa shape index (κ3) is 3.62. The van der Waals surface area contributed by atoms with Crippen molar-refractivity contribution in [3.8, 4) is 0 Å². The molecule has 0 atom stereocenters. The van der Waals surface area contributed by atoms with Gasteiger partial charge in [-0.25, -0.2) is 4.98 Å². The van der Waals surface area contributed by atoms with Crippen molar-refractivity contribution < 1.29 is 9.59 Å². The Balaban J connectivity index is 1.68. The summed E-state index contributed by atoms with van der Waals surface area (Å²) in [6.07, 6.45) is 5.01. The van der Waals surface area contributed by atoms with Gasteiger partial charge in [0.15, 0.2) is 5.13 Å². The lowest BCUT2D eigenvalue weighted by Crippen LogP contribution is -2.33. The summed E-state index contributed by atoms with van der Waals surface area (Å²) < 4.78 is 0.981. The van der Waals surface area contributed by atoms with Crippen molar-refractivity contribution in [1.29, 1.82) is 0 Å². The Bertz CT molecular complexity index is 704. The lowest BCUT2D eigenvalue weighted by Gasteiger charge is -2.11. The first kappa shape index (κ1) is 15.0. The molecule has 0 spiro atoms. The second-order valence-electron chi connectivity index (χ2n) is 5.73. The van der Waals surface area contributed by atoms with Crippen LogP contribution >= 0.6 is 11.3 Å². The van der Waals surface area contributed by atoms with Crippen LogP contribution in [0.3, 0.4) is 0 Å². The summed E-state index contributed by atoms with van der Waals surface area (Å²) in [6.45, 7) is 1.46. The van der Waals surface area contributed by atoms with Crippen LogP contribution in [-0.4, -0.2) is 22.8 Å². The van der Waals surface area contributed by atoms with Crippen molar-refractivity contribution in [3.05, 3.63) is 23.8 Å². The average molecular weight is 317 g/mol. The van der Waals surface area contributed by atoms with Gasteiger partial charge in [0.2, 0.25) is 11.8 Å². The molecule has 1 saturated carbocycles. The fourth-order valence-corrected chi connectivity index (χ4v) is 3.79. The maximum atomic E-state index is 12.1. The summed E-state index contributed by atoms with van der Waals surface area (Å²) in [4.78, 5) is 27.5. The fraction of sp³-hybridized carbons (Fsp3) is 0.438. The van der Waals surface area contributed by atoms with Crippen LogP contribution in [0.1, 0.15) is 38.2 Å². The Hall–Kier alpha value is -1.95. The first-order chi connectivity index (χ1) is 10.6. The van der Waals surface area contributed by atoms with Crippen LogP contribution in [0.4, 0.5) is 5.13 Å². The highest BCUT2D eigenvalue weighted by molar-refractivity contribution is 7.22. The molecule has 0 aliphatic heterocycles. The number of carbonyl (C=O) groups is 2. The van der Waals surface area contributed by atoms with E-state index in [1.807, 2.05) is 18.2 Å². The Labute approximate surface area is 133 Å². The molecule has 3 rings (SSSR count). The van der Waals surface area contributed by atoms with Gasteiger partial charge >= 0.3 is 0 Å². The molecule has 5 nitrogen and oxygen atoms in total. The van der Waals surface area contributed by atoms with Crippen LogP contribution in [0.5, 0.6) is 0 Å². The van der Waals surface area contributed by atoms with Crippen LogP contribution in [0, 0.1) is 0 Å². The minimum absolute atomic E-state index is 0.0813.